The molecule has 4 heteroatoms. The monoisotopic (exact) mass is 270 g/mol. The van der Waals surface area contributed by atoms with Crippen LogP contribution >= 0.6 is 0 Å². The SMILES string of the molecule is COC(=O)c1cc(CNNc2ccccc2)ccc1C. The highest BCUT2D eigenvalue weighted by Crippen LogP contribution is 2.12. The van der Waals surface area contributed by atoms with Crippen LogP contribution < -0.4 is 10.9 Å². The highest BCUT2D eigenvalue weighted by Gasteiger charge is 2.09. The summed E-state index contributed by atoms with van der Waals surface area (Å²) in [5.74, 6) is -0.305. The van der Waals surface area contributed by atoms with Crippen LogP contribution in [0, 0.1) is 6.92 Å². The molecule has 0 bridgehead atoms. The number of hydrazine groups is 1. The fourth-order valence-electron chi connectivity index (χ4n) is 1.88. The van der Waals surface area contributed by atoms with Gasteiger partial charge >= 0.3 is 5.97 Å². The van der Waals surface area contributed by atoms with E-state index < -0.39 is 0 Å². The summed E-state index contributed by atoms with van der Waals surface area (Å²) in [7, 11) is 1.39. The van der Waals surface area contributed by atoms with Gasteiger partial charge in [0.1, 0.15) is 0 Å². The first-order valence-corrected chi connectivity index (χ1v) is 6.42. The summed E-state index contributed by atoms with van der Waals surface area (Å²) >= 11 is 0. The lowest BCUT2D eigenvalue weighted by Crippen LogP contribution is -2.21. The number of aryl methyl sites for hydroxylation is 1. The van der Waals surface area contributed by atoms with Crippen LogP contribution in [0.25, 0.3) is 0 Å². The van der Waals surface area contributed by atoms with E-state index in [1.807, 2.05) is 55.5 Å². The van der Waals surface area contributed by atoms with Crippen molar-refractivity contribution in [3.8, 4) is 0 Å². The van der Waals surface area contributed by atoms with Crippen LogP contribution in [0.15, 0.2) is 48.5 Å². The number of hydrogen-bond donors (Lipinski definition) is 2. The lowest BCUT2D eigenvalue weighted by atomic mass is 10.1. The minimum absolute atomic E-state index is 0.305. The van der Waals surface area contributed by atoms with Crippen LogP contribution in [-0.2, 0) is 11.3 Å². The number of carbonyl (C=O) groups is 1. The maximum atomic E-state index is 11.6. The normalized spacial score (nSPS) is 10.1. The van der Waals surface area contributed by atoms with Crippen molar-refractivity contribution in [1.82, 2.24) is 5.43 Å². The van der Waals surface area contributed by atoms with Crippen molar-refractivity contribution in [2.45, 2.75) is 13.5 Å². The first-order chi connectivity index (χ1) is 9.70. The molecule has 0 saturated heterocycles. The molecule has 0 fully saturated rings. The predicted octanol–water partition coefficient (Wildman–Crippen LogP) is 2.90. The number of rotatable bonds is 5. The Morgan fingerprint density at radius 3 is 2.60 bits per heavy atom. The van der Waals surface area contributed by atoms with E-state index in [0.29, 0.717) is 12.1 Å². The Kier molecular flexibility index (Phi) is 4.74. The number of para-hydroxylation sites is 1. The van der Waals surface area contributed by atoms with Crippen molar-refractivity contribution >= 4 is 11.7 Å². The van der Waals surface area contributed by atoms with E-state index in [0.717, 1.165) is 16.8 Å². The van der Waals surface area contributed by atoms with Gasteiger partial charge in [-0.05, 0) is 36.2 Å². The first kappa shape index (κ1) is 14.1. The fraction of sp³-hybridized carbons (Fsp3) is 0.188. The summed E-state index contributed by atoms with van der Waals surface area (Å²) < 4.78 is 4.77. The van der Waals surface area contributed by atoms with Gasteiger partial charge in [-0.2, -0.15) is 0 Å². The second kappa shape index (κ2) is 6.73. The van der Waals surface area contributed by atoms with E-state index >= 15 is 0 Å². The third-order valence-corrected chi connectivity index (χ3v) is 3.01. The van der Waals surface area contributed by atoms with Gasteiger partial charge < -0.3 is 10.2 Å². The summed E-state index contributed by atoms with van der Waals surface area (Å²) in [5.41, 5.74) is 9.75. The second-order valence-corrected chi connectivity index (χ2v) is 4.49. The minimum atomic E-state index is -0.305. The maximum absolute atomic E-state index is 11.6. The molecule has 2 N–H and O–H groups in total. The number of carbonyl (C=O) groups excluding carboxylic acids is 1. The van der Waals surface area contributed by atoms with Gasteiger partial charge in [0.2, 0.25) is 0 Å². The van der Waals surface area contributed by atoms with Crippen LogP contribution in [0.3, 0.4) is 0 Å². The molecule has 4 nitrogen and oxygen atoms in total. The molecule has 0 radical (unpaired) electrons. The average molecular weight is 270 g/mol. The van der Waals surface area contributed by atoms with Gasteiger partial charge in [0, 0.05) is 12.2 Å². The van der Waals surface area contributed by atoms with Gasteiger partial charge in [0.25, 0.3) is 0 Å². The molecular weight excluding hydrogens is 252 g/mol. The van der Waals surface area contributed by atoms with E-state index in [9.17, 15) is 4.79 Å². The van der Waals surface area contributed by atoms with Crippen LogP contribution in [0.1, 0.15) is 21.5 Å². The van der Waals surface area contributed by atoms with Gasteiger partial charge in [-0.1, -0.05) is 30.3 Å². The average Bonchev–Trinajstić information content (AvgIpc) is 2.49. The molecule has 0 aromatic heterocycles. The molecule has 104 valence electrons. The Hall–Kier alpha value is -2.33. The standard InChI is InChI=1S/C16H18N2O2/c1-12-8-9-13(10-15(12)16(19)20-2)11-17-18-14-6-4-3-5-7-14/h3-10,17-18H,11H2,1-2H3. The Morgan fingerprint density at radius 1 is 1.15 bits per heavy atom. The van der Waals surface area contributed by atoms with Crippen LogP contribution in [0.4, 0.5) is 5.69 Å². The number of esters is 1. The smallest absolute Gasteiger partial charge is 0.338 e. The molecule has 0 aliphatic rings. The van der Waals surface area contributed by atoms with Crippen molar-refractivity contribution < 1.29 is 9.53 Å². The van der Waals surface area contributed by atoms with E-state index in [1.54, 1.807) is 0 Å². The van der Waals surface area contributed by atoms with E-state index in [1.165, 1.54) is 7.11 Å². The number of ether oxygens (including phenoxy) is 1. The van der Waals surface area contributed by atoms with Gasteiger partial charge in [-0.15, -0.1) is 0 Å². The third kappa shape index (κ3) is 3.59. The zero-order chi connectivity index (χ0) is 14.4. The fourth-order valence-corrected chi connectivity index (χ4v) is 1.88. The highest BCUT2D eigenvalue weighted by atomic mass is 16.5. The largest absolute Gasteiger partial charge is 0.465 e. The Morgan fingerprint density at radius 2 is 1.90 bits per heavy atom. The molecule has 2 rings (SSSR count). The number of anilines is 1. The summed E-state index contributed by atoms with van der Waals surface area (Å²) in [5, 5.41) is 0. The van der Waals surface area contributed by atoms with Crippen LogP contribution in [-0.4, -0.2) is 13.1 Å². The molecule has 20 heavy (non-hydrogen) atoms. The van der Waals surface area contributed by atoms with Crippen LogP contribution in [0.2, 0.25) is 0 Å². The van der Waals surface area contributed by atoms with E-state index in [-0.39, 0.29) is 5.97 Å². The van der Waals surface area contributed by atoms with Crippen molar-refractivity contribution in [3.05, 3.63) is 65.2 Å². The molecule has 0 unspecified atom stereocenters. The quantitative estimate of drug-likeness (QED) is 0.648. The zero-order valence-electron chi connectivity index (χ0n) is 11.6. The number of benzene rings is 2. The van der Waals surface area contributed by atoms with Gasteiger partial charge in [-0.25, -0.2) is 10.2 Å². The number of methoxy groups -OCH3 is 1. The molecule has 0 heterocycles. The molecule has 0 spiro atoms. The Labute approximate surface area is 118 Å². The summed E-state index contributed by atoms with van der Waals surface area (Å²) in [6, 6.07) is 15.6. The zero-order valence-corrected chi connectivity index (χ0v) is 11.6. The molecule has 2 aromatic carbocycles. The predicted molar refractivity (Wildman–Crippen MR) is 79.4 cm³/mol. The molecule has 2 aromatic rings. The van der Waals surface area contributed by atoms with Gasteiger partial charge in [0.15, 0.2) is 0 Å². The number of nitrogens with one attached hydrogen (secondary N) is 2. The Bertz CT molecular complexity index is 582. The topological polar surface area (TPSA) is 50.4 Å². The maximum Gasteiger partial charge on any atom is 0.338 e. The van der Waals surface area contributed by atoms with E-state index in [4.69, 9.17) is 4.74 Å². The highest BCUT2D eigenvalue weighted by molar-refractivity contribution is 5.91. The summed E-state index contributed by atoms with van der Waals surface area (Å²) in [6.45, 7) is 2.50. The lowest BCUT2D eigenvalue weighted by Gasteiger charge is -2.10. The molecule has 0 atom stereocenters. The number of hydrogen-bond acceptors (Lipinski definition) is 4. The lowest BCUT2D eigenvalue weighted by molar-refractivity contribution is 0.0600. The molecule has 0 aliphatic heterocycles. The third-order valence-electron chi connectivity index (χ3n) is 3.01. The van der Waals surface area contributed by atoms with Crippen molar-refractivity contribution in [1.29, 1.82) is 0 Å². The first-order valence-electron chi connectivity index (χ1n) is 6.42. The van der Waals surface area contributed by atoms with Gasteiger partial charge in [-0.3, -0.25) is 0 Å². The van der Waals surface area contributed by atoms with Gasteiger partial charge in [0.05, 0.1) is 12.7 Å². The van der Waals surface area contributed by atoms with Crippen molar-refractivity contribution in [3.63, 3.8) is 0 Å². The Balaban J connectivity index is 1.98. The summed E-state index contributed by atoms with van der Waals surface area (Å²) in [6.07, 6.45) is 0. The second-order valence-electron chi connectivity index (χ2n) is 4.49. The molecule has 0 amide bonds. The molecule has 0 saturated carbocycles. The van der Waals surface area contributed by atoms with E-state index in [2.05, 4.69) is 10.9 Å². The molecule has 0 aliphatic carbocycles. The van der Waals surface area contributed by atoms with Crippen molar-refractivity contribution in [2.75, 3.05) is 12.5 Å². The van der Waals surface area contributed by atoms with Crippen LogP contribution in [0.5, 0.6) is 0 Å². The molecular formula is C16H18N2O2. The minimum Gasteiger partial charge on any atom is -0.465 e. The summed E-state index contributed by atoms with van der Waals surface area (Å²) in [4.78, 5) is 11.6. The van der Waals surface area contributed by atoms with Crippen molar-refractivity contribution in [2.24, 2.45) is 0 Å².